The number of benzene rings is 1. The summed E-state index contributed by atoms with van der Waals surface area (Å²) in [6.45, 7) is 1.21. The Labute approximate surface area is 109 Å². The third kappa shape index (κ3) is 4.25. The lowest BCUT2D eigenvalue weighted by Gasteiger charge is -2.10. The SMILES string of the molecule is C[C@@H](NS(=O)(=O)Cc1ccc(F)c(Cl)c1)C(=O)O. The van der Waals surface area contributed by atoms with Crippen molar-refractivity contribution in [2.24, 2.45) is 0 Å². The second-order valence-electron chi connectivity index (χ2n) is 3.69. The van der Waals surface area contributed by atoms with E-state index in [2.05, 4.69) is 0 Å². The lowest BCUT2D eigenvalue weighted by atomic mass is 10.2. The van der Waals surface area contributed by atoms with Gasteiger partial charge in [-0.15, -0.1) is 0 Å². The molecule has 0 saturated carbocycles. The molecule has 1 aromatic carbocycles. The van der Waals surface area contributed by atoms with Crippen LogP contribution in [-0.4, -0.2) is 25.5 Å². The fourth-order valence-electron chi connectivity index (χ4n) is 1.21. The first-order valence-electron chi connectivity index (χ1n) is 4.88. The summed E-state index contributed by atoms with van der Waals surface area (Å²) in [6.07, 6.45) is 0. The maximum absolute atomic E-state index is 12.9. The van der Waals surface area contributed by atoms with E-state index in [1.54, 1.807) is 0 Å². The number of hydrogen-bond acceptors (Lipinski definition) is 3. The Morgan fingerprint density at radius 1 is 1.56 bits per heavy atom. The van der Waals surface area contributed by atoms with Gasteiger partial charge in [-0.1, -0.05) is 17.7 Å². The molecule has 0 heterocycles. The van der Waals surface area contributed by atoms with Crippen molar-refractivity contribution in [2.45, 2.75) is 18.7 Å². The van der Waals surface area contributed by atoms with Crippen molar-refractivity contribution in [3.8, 4) is 0 Å². The van der Waals surface area contributed by atoms with Crippen LogP contribution in [0.2, 0.25) is 5.02 Å². The van der Waals surface area contributed by atoms with E-state index in [0.29, 0.717) is 0 Å². The van der Waals surface area contributed by atoms with Gasteiger partial charge in [-0.25, -0.2) is 17.5 Å². The van der Waals surface area contributed by atoms with Crippen molar-refractivity contribution in [1.29, 1.82) is 0 Å². The largest absolute Gasteiger partial charge is 0.480 e. The number of sulfonamides is 1. The van der Waals surface area contributed by atoms with Gasteiger partial charge in [-0.3, -0.25) is 4.79 Å². The first-order valence-corrected chi connectivity index (χ1v) is 6.91. The quantitative estimate of drug-likeness (QED) is 0.859. The summed E-state index contributed by atoms with van der Waals surface area (Å²) in [4.78, 5) is 10.5. The first-order chi connectivity index (χ1) is 8.21. The van der Waals surface area contributed by atoms with Gasteiger partial charge >= 0.3 is 5.97 Å². The fraction of sp³-hybridized carbons (Fsp3) is 0.300. The number of hydrogen-bond donors (Lipinski definition) is 2. The lowest BCUT2D eigenvalue weighted by molar-refractivity contribution is -0.138. The van der Waals surface area contributed by atoms with Gasteiger partial charge in [0, 0.05) is 0 Å². The van der Waals surface area contributed by atoms with E-state index in [1.807, 2.05) is 4.72 Å². The standard InChI is InChI=1S/C10H11ClFNO4S/c1-6(10(14)15)13-18(16,17)5-7-2-3-9(12)8(11)4-7/h2-4,6,13H,5H2,1H3,(H,14,15)/t6-/m1/s1. The lowest BCUT2D eigenvalue weighted by Crippen LogP contribution is -2.38. The number of aliphatic carboxylic acids is 1. The molecule has 2 N–H and O–H groups in total. The normalized spacial score (nSPS) is 13.3. The Morgan fingerprint density at radius 2 is 2.17 bits per heavy atom. The van der Waals surface area contributed by atoms with E-state index >= 15 is 0 Å². The van der Waals surface area contributed by atoms with Crippen LogP contribution in [0.15, 0.2) is 18.2 Å². The Morgan fingerprint density at radius 3 is 2.67 bits per heavy atom. The van der Waals surface area contributed by atoms with E-state index in [9.17, 15) is 17.6 Å². The minimum Gasteiger partial charge on any atom is -0.480 e. The van der Waals surface area contributed by atoms with Gasteiger partial charge in [-0.2, -0.15) is 0 Å². The van der Waals surface area contributed by atoms with Gasteiger partial charge in [0.05, 0.1) is 10.8 Å². The molecule has 5 nitrogen and oxygen atoms in total. The van der Waals surface area contributed by atoms with Crippen LogP contribution < -0.4 is 4.72 Å². The number of carboxylic acid groups (broad SMARTS) is 1. The second kappa shape index (κ2) is 5.64. The molecule has 0 bridgehead atoms. The number of rotatable bonds is 5. The molecule has 8 heteroatoms. The van der Waals surface area contributed by atoms with Crippen LogP contribution in [0.5, 0.6) is 0 Å². The molecule has 1 rings (SSSR count). The monoisotopic (exact) mass is 295 g/mol. The van der Waals surface area contributed by atoms with Crippen molar-refractivity contribution in [1.82, 2.24) is 4.72 Å². The molecule has 0 spiro atoms. The highest BCUT2D eigenvalue weighted by Crippen LogP contribution is 2.17. The maximum Gasteiger partial charge on any atom is 0.321 e. The molecule has 1 aromatic rings. The number of nitrogens with one attached hydrogen (secondary N) is 1. The predicted molar refractivity (Wildman–Crippen MR) is 64.3 cm³/mol. The summed E-state index contributed by atoms with van der Waals surface area (Å²) in [5.41, 5.74) is 0.270. The van der Waals surface area contributed by atoms with Crippen molar-refractivity contribution in [3.05, 3.63) is 34.6 Å². The topological polar surface area (TPSA) is 83.5 Å². The van der Waals surface area contributed by atoms with E-state index in [-0.39, 0.29) is 10.6 Å². The molecule has 0 aliphatic rings. The van der Waals surface area contributed by atoms with Gasteiger partial charge in [-0.05, 0) is 24.6 Å². The summed E-state index contributed by atoms with van der Waals surface area (Å²) in [7, 11) is -3.82. The zero-order chi connectivity index (χ0) is 13.9. The Bertz CT molecular complexity index is 561. The zero-order valence-electron chi connectivity index (χ0n) is 9.35. The van der Waals surface area contributed by atoms with E-state index in [4.69, 9.17) is 16.7 Å². The molecule has 0 fully saturated rings. The van der Waals surface area contributed by atoms with Gasteiger partial charge in [0.15, 0.2) is 0 Å². The summed E-state index contributed by atoms with van der Waals surface area (Å²) in [5, 5.41) is 8.41. The fourth-order valence-corrected chi connectivity index (χ4v) is 2.75. The molecule has 18 heavy (non-hydrogen) atoms. The van der Waals surface area contributed by atoms with Crippen molar-refractivity contribution in [3.63, 3.8) is 0 Å². The third-order valence-electron chi connectivity index (χ3n) is 2.07. The van der Waals surface area contributed by atoms with Crippen LogP contribution >= 0.6 is 11.6 Å². The molecule has 0 aliphatic carbocycles. The van der Waals surface area contributed by atoms with Crippen molar-refractivity contribution < 1.29 is 22.7 Å². The highest BCUT2D eigenvalue weighted by molar-refractivity contribution is 7.88. The van der Waals surface area contributed by atoms with Crippen LogP contribution in [0.4, 0.5) is 4.39 Å². The molecule has 0 saturated heterocycles. The molecular formula is C10H11ClFNO4S. The van der Waals surface area contributed by atoms with Crippen molar-refractivity contribution in [2.75, 3.05) is 0 Å². The van der Waals surface area contributed by atoms with Gasteiger partial charge < -0.3 is 5.11 Å². The second-order valence-corrected chi connectivity index (χ2v) is 5.85. The van der Waals surface area contributed by atoms with Crippen LogP contribution in [0.3, 0.4) is 0 Å². The highest BCUT2D eigenvalue weighted by atomic mass is 35.5. The summed E-state index contributed by atoms with van der Waals surface area (Å²) in [5.74, 6) is -2.40. The van der Waals surface area contributed by atoms with Gasteiger partial charge in [0.25, 0.3) is 0 Å². The van der Waals surface area contributed by atoms with E-state index in [1.165, 1.54) is 19.1 Å². The Balaban J connectivity index is 2.82. The molecule has 0 aromatic heterocycles. The number of halogens is 2. The molecule has 1 atom stereocenters. The maximum atomic E-state index is 12.9. The smallest absolute Gasteiger partial charge is 0.321 e. The summed E-state index contributed by atoms with van der Waals surface area (Å²) < 4.78 is 38.0. The molecule has 0 aliphatic heterocycles. The number of carbonyl (C=O) groups is 1. The Hall–Kier alpha value is -1.18. The minimum atomic E-state index is -3.82. The van der Waals surface area contributed by atoms with Crippen LogP contribution in [0.1, 0.15) is 12.5 Å². The summed E-state index contributed by atoms with van der Waals surface area (Å²) in [6, 6.07) is 2.27. The molecule has 100 valence electrons. The average molecular weight is 296 g/mol. The molecular weight excluding hydrogens is 285 g/mol. The van der Waals surface area contributed by atoms with Crippen LogP contribution in [0, 0.1) is 5.82 Å². The van der Waals surface area contributed by atoms with Crippen LogP contribution in [0.25, 0.3) is 0 Å². The van der Waals surface area contributed by atoms with Crippen molar-refractivity contribution >= 4 is 27.6 Å². The summed E-state index contributed by atoms with van der Waals surface area (Å²) >= 11 is 5.51. The van der Waals surface area contributed by atoms with E-state index in [0.717, 1.165) is 6.07 Å². The predicted octanol–water partition coefficient (Wildman–Crippen LogP) is 1.37. The Kier molecular flexibility index (Phi) is 4.66. The third-order valence-corrected chi connectivity index (χ3v) is 3.78. The first kappa shape index (κ1) is 14.9. The minimum absolute atomic E-state index is 0.186. The highest BCUT2D eigenvalue weighted by Gasteiger charge is 2.20. The molecule has 0 amide bonds. The van der Waals surface area contributed by atoms with Gasteiger partial charge in [0.1, 0.15) is 11.9 Å². The molecule has 0 radical (unpaired) electrons. The zero-order valence-corrected chi connectivity index (χ0v) is 10.9. The number of carboxylic acids is 1. The van der Waals surface area contributed by atoms with E-state index < -0.39 is 33.6 Å². The van der Waals surface area contributed by atoms with Gasteiger partial charge in [0.2, 0.25) is 10.0 Å². The van der Waals surface area contributed by atoms with Crippen LogP contribution in [-0.2, 0) is 20.6 Å². The average Bonchev–Trinajstić information content (AvgIpc) is 2.22. The molecule has 0 unspecified atom stereocenters.